The average molecular weight is 282 g/mol. The maximum absolute atomic E-state index is 12.2. The van der Waals surface area contributed by atoms with Crippen LogP contribution in [-0.4, -0.2) is 62.3 Å². The first-order valence-electron chi connectivity index (χ1n) is 7.52. The number of carbonyl (C=O) groups is 2. The molecule has 114 valence electrons. The van der Waals surface area contributed by atoms with E-state index in [0.29, 0.717) is 25.6 Å². The molecule has 0 spiro atoms. The summed E-state index contributed by atoms with van der Waals surface area (Å²) in [6, 6.07) is 0.376. The predicted molar refractivity (Wildman–Crippen MR) is 81.6 cm³/mol. The molecular weight excluding hydrogens is 255 g/mol. The molecule has 1 amide bonds. The van der Waals surface area contributed by atoms with Crippen molar-refractivity contribution < 1.29 is 14.3 Å². The number of nitrogens with zero attached hydrogens (tertiary/aromatic N) is 1. The van der Waals surface area contributed by atoms with Crippen molar-refractivity contribution >= 4 is 19.5 Å². The molecule has 0 aromatic carbocycles. The first-order chi connectivity index (χ1) is 9.36. The molecule has 1 aliphatic rings. The van der Waals surface area contributed by atoms with Gasteiger partial charge in [-0.2, -0.15) is 0 Å². The van der Waals surface area contributed by atoms with Crippen LogP contribution in [-0.2, 0) is 14.3 Å². The van der Waals surface area contributed by atoms with Crippen LogP contribution in [0.2, 0.25) is 6.32 Å². The molecule has 0 saturated carbocycles. The number of hydrogen-bond acceptors (Lipinski definition) is 4. The first kappa shape index (κ1) is 17.2. The highest BCUT2D eigenvalue weighted by atomic mass is 16.5. The monoisotopic (exact) mass is 282 g/mol. The molecule has 2 atom stereocenters. The van der Waals surface area contributed by atoms with Gasteiger partial charge in [0.05, 0.1) is 31.8 Å². The molecule has 6 heteroatoms. The van der Waals surface area contributed by atoms with E-state index in [1.54, 1.807) is 4.90 Å². The second kappa shape index (κ2) is 7.79. The summed E-state index contributed by atoms with van der Waals surface area (Å²) in [7, 11) is 1.83. The van der Waals surface area contributed by atoms with Crippen LogP contribution in [0.5, 0.6) is 0 Å². The molecule has 5 nitrogen and oxygen atoms in total. The number of ketones is 1. The summed E-state index contributed by atoms with van der Waals surface area (Å²) in [5.74, 6) is 0.0630. The summed E-state index contributed by atoms with van der Waals surface area (Å²) in [5.41, 5.74) is 0. The van der Waals surface area contributed by atoms with Crippen molar-refractivity contribution in [3.05, 3.63) is 0 Å². The lowest BCUT2D eigenvalue weighted by atomic mass is 10.00. The van der Waals surface area contributed by atoms with Crippen LogP contribution < -0.4 is 5.32 Å². The van der Waals surface area contributed by atoms with Gasteiger partial charge in [-0.1, -0.05) is 27.7 Å². The fourth-order valence-electron chi connectivity index (χ4n) is 2.38. The molecule has 1 fully saturated rings. The van der Waals surface area contributed by atoms with E-state index in [0.717, 1.165) is 0 Å². The fourth-order valence-corrected chi connectivity index (χ4v) is 2.38. The molecule has 20 heavy (non-hydrogen) atoms. The minimum absolute atomic E-state index is 0.0186. The Morgan fingerprint density at radius 3 is 2.45 bits per heavy atom. The van der Waals surface area contributed by atoms with E-state index in [4.69, 9.17) is 4.74 Å². The maximum atomic E-state index is 12.2. The van der Waals surface area contributed by atoms with Gasteiger partial charge in [-0.15, -0.1) is 0 Å². The van der Waals surface area contributed by atoms with Gasteiger partial charge in [0.1, 0.15) is 7.85 Å². The zero-order valence-electron chi connectivity index (χ0n) is 13.3. The number of carbonyl (C=O) groups excluding carboxylic acids is 2. The third-order valence-corrected chi connectivity index (χ3v) is 3.59. The zero-order valence-corrected chi connectivity index (χ0v) is 13.3. The first-order valence-corrected chi connectivity index (χ1v) is 7.52. The molecule has 0 aliphatic carbocycles. The molecular formula is C14H27BN2O3. The molecule has 1 saturated heterocycles. The van der Waals surface area contributed by atoms with Crippen LogP contribution in [0.3, 0.4) is 0 Å². The van der Waals surface area contributed by atoms with Crippen LogP contribution in [0, 0.1) is 5.92 Å². The summed E-state index contributed by atoms with van der Waals surface area (Å²) in [4.78, 5) is 25.9. The van der Waals surface area contributed by atoms with Crippen LogP contribution >= 0.6 is 0 Å². The quantitative estimate of drug-likeness (QED) is 0.660. The Labute approximate surface area is 122 Å². The van der Waals surface area contributed by atoms with Gasteiger partial charge < -0.3 is 15.0 Å². The molecule has 0 radical (unpaired) electrons. The van der Waals surface area contributed by atoms with Crippen molar-refractivity contribution in [2.24, 2.45) is 5.92 Å². The Morgan fingerprint density at radius 1 is 1.30 bits per heavy atom. The maximum Gasteiger partial charge on any atom is 0.215 e. The van der Waals surface area contributed by atoms with E-state index in [-0.39, 0.29) is 36.2 Å². The van der Waals surface area contributed by atoms with Gasteiger partial charge in [-0.25, -0.2) is 0 Å². The molecule has 1 rings (SSSR count). The summed E-state index contributed by atoms with van der Waals surface area (Å²) in [5, 5.41) is 3.42. The van der Waals surface area contributed by atoms with Crippen molar-refractivity contribution in [2.75, 3.05) is 19.8 Å². The lowest BCUT2D eigenvalue weighted by Crippen LogP contribution is -2.54. The Kier molecular flexibility index (Phi) is 6.69. The number of hydrogen-bond donors (Lipinski definition) is 1. The lowest BCUT2D eigenvalue weighted by Gasteiger charge is -2.33. The van der Waals surface area contributed by atoms with Crippen LogP contribution in [0.4, 0.5) is 0 Å². The number of ether oxygens (including phenoxy) is 1. The third kappa shape index (κ3) is 4.60. The summed E-state index contributed by atoms with van der Waals surface area (Å²) in [6.07, 6.45) is 0.413. The topological polar surface area (TPSA) is 58.6 Å². The van der Waals surface area contributed by atoms with Crippen LogP contribution in [0.15, 0.2) is 0 Å². The van der Waals surface area contributed by atoms with E-state index < -0.39 is 0 Å². The zero-order chi connectivity index (χ0) is 15.3. The molecule has 1 N–H and O–H groups in total. The van der Waals surface area contributed by atoms with Gasteiger partial charge in [-0.3, -0.25) is 9.59 Å². The third-order valence-electron chi connectivity index (χ3n) is 3.59. The van der Waals surface area contributed by atoms with Crippen molar-refractivity contribution in [3.63, 3.8) is 0 Å². The van der Waals surface area contributed by atoms with E-state index >= 15 is 0 Å². The predicted octanol–water partition coefficient (Wildman–Crippen LogP) is -0.143. The van der Waals surface area contributed by atoms with E-state index in [2.05, 4.69) is 19.2 Å². The lowest BCUT2D eigenvalue weighted by molar-refractivity contribution is -0.137. The fraction of sp³-hybridized carbons (Fsp3) is 0.857. The number of amides is 1. The molecule has 0 bridgehead atoms. The van der Waals surface area contributed by atoms with Crippen molar-refractivity contribution in [1.29, 1.82) is 0 Å². The van der Waals surface area contributed by atoms with Gasteiger partial charge >= 0.3 is 0 Å². The normalized spacial score (nSPS) is 22.5. The standard InChI is InChI=1S/C14H27BN2O3/c1-9(2)13(18)6-17(14(19)5-15)12-8-20-7-11(12)16-10(3)4/h9-12,16H,5-8,15H2,1-4H3. The van der Waals surface area contributed by atoms with Crippen molar-refractivity contribution in [3.8, 4) is 0 Å². The average Bonchev–Trinajstić information content (AvgIpc) is 2.81. The smallest absolute Gasteiger partial charge is 0.215 e. The van der Waals surface area contributed by atoms with Gasteiger partial charge in [0.25, 0.3) is 0 Å². The van der Waals surface area contributed by atoms with Gasteiger partial charge in [-0.05, 0) is 6.32 Å². The molecule has 1 aliphatic heterocycles. The van der Waals surface area contributed by atoms with E-state index in [1.807, 2.05) is 21.7 Å². The Hall–Kier alpha value is -0.875. The SMILES string of the molecule is BCC(=O)N(CC(=O)C(C)C)C1COCC1NC(C)C. The molecule has 1 heterocycles. The largest absolute Gasteiger partial charge is 0.378 e. The highest BCUT2D eigenvalue weighted by Crippen LogP contribution is 2.16. The minimum atomic E-state index is -0.0546. The van der Waals surface area contributed by atoms with Crippen molar-refractivity contribution in [2.45, 2.75) is 52.1 Å². The summed E-state index contributed by atoms with van der Waals surface area (Å²) in [6.45, 7) is 9.15. The van der Waals surface area contributed by atoms with E-state index in [1.165, 1.54) is 0 Å². The number of rotatable bonds is 7. The summed E-state index contributed by atoms with van der Waals surface area (Å²) < 4.78 is 5.52. The Balaban J connectivity index is 2.81. The van der Waals surface area contributed by atoms with Crippen LogP contribution in [0.1, 0.15) is 27.7 Å². The minimum Gasteiger partial charge on any atom is -0.378 e. The van der Waals surface area contributed by atoms with Gasteiger partial charge in [0, 0.05) is 12.0 Å². The van der Waals surface area contributed by atoms with E-state index in [9.17, 15) is 9.59 Å². The molecule has 2 unspecified atom stereocenters. The Morgan fingerprint density at radius 2 is 1.95 bits per heavy atom. The van der Waals surface area contributed by atoms with Gasteiger partial charge in [0.2, 0.25) is 5.91 Å². The van der Waals surface area contributed by atoms with Crippen molar-refractivity contribution in [1.82, 2.24) is 10.2 Å². The molecule has 0 aromatic rings. The number of nitrogens with one attached hydrogen (secondary N) is 1. The van der Waals surface area contributed by atoms with Gasteiger partial charge in [0.15, 0.2) is 5.78 Å². The van der Waals surface area contributed by atoms with Crippen LogP contribution in [0.25, 0.3) is 0 Å². The Bertz CT molecular complexity index is 347. The molecule has 0 aromatic heterocycles. The summed E-state index contributed by atoms with van der Waals surface area (Å²) >= 11 is 0. The highest BCUT2D eigenvalue weighted by molar-refractivity contribution is 6.19. The highest BCUT2D eigenvalue weighted by Gasteiger charge is 2.36. The second-order valence-electron chi connectivity index (χ2n) is 6.03. The number of Topliss-reactive ketones (excluding diaryl/α,β-unsaturated/α-hetero) is 1. The second-order valence-corrected chi connectivity index (χ2v) is 6.03.